The van der Waals surface area contributed by atoms with E-state index in [-0.39, 0.29) is 17.5 Å². The first-order chi connectivity index (χ1) is 6.59. The molecule has 0 aromatic carbocycles. The van der Waals surface area contributed by atoms with E-state index in [1.807, 2.05) is 0 Å². The summed E-state index contributed by atoms with van der Waals surface area (Å²) in [7, 11) is 0. The molecule has 76 valence electrons. The van der Waals surface area contributed by atoms with Gasteiger partial charge < -0.3 is 10.5 Å². The fraction of sp³-hybridized carbons (Fsp3) is 0.286. The molecule has 0 atom stereocenters. The number of amidine groups is 1. The quantitative estimate of drug-likeness (QED) is 0.546. The summed E-state index contributed by atoms with van der Waals surface area (Å²) in [5.74, 6) is -0.269. The molecule has 0 spiro atoms. The number of nitrogen functional groups attached to an aromatic ring is 1. The SMILES string of the molecule is N=C(N)c1ccnc(OCC(F)F)n1. The molecule has 5 nitrogen and oxygen atoms in total. The van der Waals surface area contributed by atoms with Gasteiger partial charge in [0, 0.05) is 6.20 Å². The van der Waals surface area contributed by atoms with Crippen LogP contribution in [0.25, 0.3) is 0 Å². The van der Waals surface area contributed by atoms with Crippen LogP contribution in [0.2, 0.25) is 0 Å². The van der Waals surface area contributed by atoms with Crippen LogP contribution in [0.4, 0.5) is 8.78 Å². The van der Waals surface area contributed by atoms with Crippen LogP contribution < -0.4 is 10.5 Å². The topological polar surface area (TPSA) is 84.9 Å². The number of halogens is 2. The van der Waals surface area contributed by atoms with Crippen LogP contribution in [0.5, 0.6) is 6.01 Å². The number of aromatic nitrogens is 2. The third-order valence-electron chi connectivity index (χ3n) is 1.25. The molecule has 1 aromatic rings. The summed E-state index contributed by atoms with van der Waals surface area (Å²) in [6.07, 6.45) is -1.30. The number of hydrogen-bond acceptors (Lipinski definition) is 4. The first-order valence-corrected chi connectivity index (χ1v) is 3.68. The highest BCUT2D eigenvalue weighted by Crippen LogP contribution is 2.04. The van der Waals surface area contributed by atoms with E-state index in [2.05, 4.69) is 14.7 Å². The molecule has 0 saturated heterocycles. The zero-order valence-electron chi connectivity index (χ0n) is 7.08. The lowest BCUT2D eigenvalue weighted by Crippen LogP contribution is -2.15. The number of ether oxygens (including phenoxy) is 1. The van der Waals surface area contributed by atoms with Gasteiger partial charge >= 0.3 is 6.01 Å². The second-order valence-corrected chi connectivity index (χ2v) is 2.34. The molecule has 0 saturated carbocycles. The van der Waals surface area contributed by atoms with Crippen LogP contribution in [0.3, 0.4) is 0 Å². The molecule has 3 N–H and O–H groups in total. The molecular formula is C7H8F2N4O. The molecule has 1 heterocycles. The summed E-state index contributed by atoms with van der Waals surface area (Å²) in [4.78, 5) is 7.20. The lowest BCUT2D eigenvalue weighted by Gasteiger charge is -2.03. The van der Waals surface area contributed by atoms with Gasteiger partial charge in [0.15, 0.2) is 6.61 Å². The zero-order chi connectivity index (χ0) is 10.6. The number of nitrogens with two attached hydrogens (primary N) is 1. The summed E-state index contributed by atoms with van der Waals surface area (Å²) >= 11 is 0. The van der Waals surface area contributed by atoms with Crippen LogP contribution >= 0.6 is 0 Å². The molecule has 0 aliphatic rings. The molecule has 0 amide bonds. The van der Waals surface area contributed by atoms with Crippen molar-refractivity contribution in [2.75, 3.05) is 6.61 Å². The highest BCUT2D eigenvalue weighted by atomic mass is 19.3. The molecule has 1 rings (SSSR count). The average Bonchev–Trinajstić information content (AvgIpc) is 2.15. The first kappa shape index (κ1) is 10.3. The molecule has 7 heteroatoms. The largest absolute Gasteiger partial charge is 0.457 e. The van der Waals surface area contributed by atoms with E-state index >= 15 is 0 Å². The number of rotatable bonds is 4. The van der Waals surface area contributed by atoms with Gasteiger partial charge in [-0.2, -0.15) is 4.98 Å². The van der Waals surface area contributed by atoms with Crippen LogP contribution in [0, 0.1) is 5.41 Å². The third kappa shape index (κ3) is 2.92. The maximum Gasteiger partial charge on any atom is 0.317 e. The highest BCUT2D eigenvalue weighted by molar-refractivity contribution is 5.92. The van der Waals surface area contributed by atoms with Crippen molar-refractivity contribution < 1.29 is 13.5 Å². The van der Waals surface area contributed by atoms with E-state index in [4.69, 9.17) is 11.1 Å². The molecule has 0 bridgehead atoms. The Balaban J connectivity index is 2.69. The second-order valence-electron chi connectivity index (χ2n) is 2.34. The molecule has 14 heavy (non-hydrogen) atoms. The summed E-state index contributed by atoms with van der Waals surface area (Å²) in [5.41, 5.74) is 5.27. The summed E-state index contributed by atoms with van der Waals surface area (Å²) < 4.78 is 28.0. The Kier molecular flexibility index (Phi) is 3.27. The summed E-state index contributed by atoms with van der Waals surface area (Å²) in [6, 6.07) is 1.18. The Morgan fingerprint density at radius 2 is 2.36 bits per heavy atom. The van der Waals surface area contributed by atoms with Crippen LogP contribution in [0.1, 0.15) is 5.69 Å². The molecule has 1 aromatic heterocycles. The van der Waals surface area contributed by atoms with Crippen molar-refractivity contribution in [3.05, 3.63) is 18.0 Å². The van der Waals surface area contributed by atoms with Crippen molar-refractivity contribution in [2.45, 2.75) is 6.43 Å². The maximum absolute atomic E-state index is 11.7. The van der Waals surface area contributed by atoms with E-state index in [9.17, 15) is 8.78 Å². The van der Waals surface area contributed by atoms with Crippen molar-refractivity contribution >= 4 is 5.84 Å². The minimum atomic E-state index is -2.58. The molecular weight excluding hydrogens is 194 g/mol. The Hall–Kier alpha value is -1.79. The molecule has 0 fully saturated rings. The number of alkyl halides is 2. The summed E-state index contributed by atoms with van der Waals surface area (Å²) in [6.45, 7) is -0.776. The number of hydrogen-bond donors (Lipinski definition) is 2. The standard InChI is InChI=1S/C7H8F2N4O/c8-5(9)3-14-7-12-2-1-4(13-7)6(10)11/h1-2,5H,3H2,(H3,10,11). The number of nitrogens with zero attached hydrogens (tertiary/aromatic N) is 2. The van der Waals surface area contributed by atoms with E-state index < -0.39 is 13.0 Å². The van der Waals surface area contributed by atoms with Gasteiger partial charge in [0.25, 0.3) is 6.43 Å². The van der Waals surface area contributed by atoms with Crippen molar-refractivity contribution in [3.8, 4) is 6.01 Å². The van der Waals surface area contributed by atoms with Gasteiger partial charge in [-0.3, -0.25) is 5.41 Å². The smallest absolute Gasteiger partial charge is 0.317 e. The van der Waals surface area contributed by atoms with Gasteiger partial charge in [0.1, 0.15) is 11.5 Å². The van der Waals surface area contributed by atoms with E-state index in [0.717, 1.165) is 0 Å². The monoisotopic (exact) mass is 202 g/mol. The van der Waals surface area contributed by atoms with E-state index in [1.165, 1.54) is 12.3 Å². The van der Waals surface area contributed by atoms with Gasteiger partial charge in [-0.15, -0.1) is 0 Å². The zero-order valence-corrected chi connectivity index (χ0v) is 7.08. The lowest BCUT2D eigenvalue weighted by atomic mass is 10.4. The molecule has 0 aliphatic carbocycles. The molecule has 0 radical (unpaired) electrons. The Bertz CT molecular complexity index is 331. The fourth-order valence-electron chi connectivity index (χ4n) is 0.698. The number of nitrogens with one attached hydrogen (secondary N) is 1. The van der Waals surface area contributed by atoms with Gasteiger partial charge in [-0.1, -0.05) is 0 Å². The summed E-state index contributed by atoms with van der Waals surface area (Å²) in [5, 5.41) is 7.03. The Morgan fingerprint density at radius 1 is 1.64 bits per heavy atom. The van der Waals surface area contributed by atoms with Crippen molar-refractivity contribution in [3.63, 3.8) is 0 Å². The van der Waals surface area contributed by atoms with Crippen molar-refractivity contribution in [1.82, 2.24) is 9.97 Å². The van der Waals surface area contributed by atoms with Gasteiger partial charge in [-0.25, -0.2) is 13.8 Å². The van der Waals surface area contributed by atoms with E-state index in [0.29, 0.717) is 0 Å². The van der Waals surface area contributed by atoms with Crippen LogP contribution in [0.15, 0.2) is 12.3 Å². The van der Waals surface area contributed by atoms with Crippen LogP contribution in [-0.2, 0) is 0 Å². The molecule has 0 unspecified atom stereocenters. The van der Waals surface area contributed by atoms with Gasteiger partial charge in [0.05, 0.1) is 0 Å². The predicted molar refractivity (Wildman–Crippen MR) is 44.5 cm³/mol. The minimum absolute atomic E-state index is 0.143. The average molecular weight is 202 g/mol. The second kappa shape index (κ2) is 4.45. The first-order valence-electron chi connectivity index (χ1n) is 3.68. The third-order valence-corrected chi connectivity index (χ3v) is 1.25. The van der Waals surface area contributed by atoms with Crippen molar-refractivity contribution in [2.24, 2.45) is 5.73 Å². The Labute approximate surface area is 78.4 Å². The molecule has 0 aliphatic heterocycles. The maximum atomic E-state index is 11.7. The fourth-order valence-corrected chi connectivity index (χ4v) is 0.698. The van der Waals surface area contributed by atoms with Crippen molar-refractivity contribution in [1.29, 1.82) is 5.41 Å². The Morgan fingerprint density at radius 3 is 2.93 bits per heavy atom. The minimum Gasteiger partial charge on any atom is -0.457 e. The lowest BCUT2D eigenvalue weighted by molar-refractivity contribution is 0.0770. The predicted octanol–water partition coefficient (Wildman–Crippen LogP) is 0.405. The van der Waals surface area contributed by atoms with Crippen LogP contribution in [-0.4, -0.2) is 28.8 Å². The van der Waals surface area contributed by atoms with Gasteiger partial charge in [0.2, 0.25) is 0 Å². The van der Waals surface area contributed by atoms with E-state index in [1.54, 1.807) is 0 Å². The highest BCUT2D eigenvalue weighted by Gasteiger charge is 2.06. The normalized spacial score (nSPS) is 10.2. The van der Waals surface area contributed by atoms with Gasteiger partial charge in [-0.05, 0) is 6.07 Å².